The van der Waals surface area contributed by atoms with Gasteiger partial charge in [0.05, 0.1) is 6.20 Å². The Morgan fingerprint density at radius 2 is 1.58 bits per heavy atom. The molecule has 0 amide bonds. The third-order valence-electron chi connectivity index (χ3n) is 2.74. The highest BCUT2D eigenvalue weighted by atomic mass is 16.5. The van der Waals surface area contributed by atoms with E-state index in [0.29, 0.717) is 5.89 Å². The van der Waals surface area contributed by atoms with E-state index in [-0.39, 0.29) is 0 Å². The van der Waals surface area contributed by atoms with Gasteiger partial charge in [0.1, 0.15) is 11.5 Å². The van der Waals surface area contributed by atoms with Crippen LogP contribution in [0.1, 0.15) is 5.89 Å². The molecule has 0 saturated heterocycles. The molecule has 0 N–H and O–H groups in total. The highest BCUT2D eigenvalue weighted by Crippen LogP contribution is 2.25. The zero-order valence-electron chi connectivity index (χ0n) is 10.5. The van der Waals surface area contributed by atoms with Crippen LogP contribution in [0.15, 0.2) is 65.2 Å². The van der Waals surface area contributed by atoms with Gasteiger partial charge in [0.2, 0.25) is 0 Å². The van der Waals surface area contributed by atoms with Crippen molar-refractivity contribution in [2.75, 3.05) is 0 Å². The molecule has 19 heavy (non-hydrogen) atoms. The fourth-order valence-corrected chi connectivity index (χ4v) is 1.81. The van der Waals surface area contributed by atoms with E-state index in [1.54, 1.807) is 6.20 Å². The summed E-state index contributed by atoms with van der Waals surface area (Å²) in [4.78, 5) is 4.09. The summed E-state index contributed by atoms with van der Waals surface area (Å²) in [6.07, 6.45) is 1.72. The molecule has 0 fully saturated rings. The third-order valence-corrected chi connectivity index (χ3v) is 2.74. The fourth-order valence-electron chi connectivity index (χ4n) is 1.81. The molecule has 0 bridgehead atoms. The maximum atomic E-state index is 5.73. The van der Waals surface area contributed by atoms with Crippen LogP contribution in [0.4, 0.5) is 0 Å². The lowest BCUT2D eigenvalue weighted by Crippen LogP contribution is -1.83. The summed E-state index contributed by atoms with van der Waals surface area (Å²) in [6, 6.07) is 17.4. The molecule has 3 heteroatoms. The molecule has 0 aliphatic carbocycles. The van der Waals surface area contributed by atoms with E-state index in [2.05, 4.69) is 4.98 Å². The van der Waals surface area contributed by atoms with E-state index in [1.807, 2.05) is 61.5 Å². The Kier molecular flexibility index (Phi) is 3.02. The normalized spacial score (nSPS) is 10.4. The van der Waals surface area contributed by atoms with Gasteiger partial charge in [0.25, 0.3) is 0 Å². The Morgan fingerprint density at radius 1 is 0.895 bits per heavy atom. The van der Waals surface area contributed by atoms with Crippen molar-refractivity contribution in [2.24, 2.45) is 0 Å². The van der Waals surface area contributed by atoms with Gasteiger partial charge in [-0.2, -0.15) is 0 Å². The van der Waals surface area contributed by atoms with E-state index in [0.717, 1.165) is 22.8 Å². The predicted octanol–water partition coefficient (Wildman–Crippen LogP) is 4.44. The summed E-state index contributed by atoms with van der Waals surface area (Å²) in [6.45, 7) is 1.83. The van der Waals surface area contributed by atoms with Crippen molar-refractivity contribution < 1.29 is 9.15 Å². The molecule has 3 aromatic rings. The second-order valence-corrected chi connectivity index (χ2v) is 4.18. The van der Waals surface area contributed by atoms with Crippen molar-refractivity contribution in [1.29, 1.82) is 0 Å². The molecule has 0 atom stereocenters. The maximum Gasteiger partial charge on any atom is 0.191 e. The zero-order chi connectivity index (χ0) is 13.1. The molecule has 0 aliphatic heterocycles. The SMILES string of the molecule is Cc1ncc(-c2ccc(Oc3ccccc3)cc2)o1. The van der Waals surface area contributed by atoms with E-state index < -0.39 is 0 Å². The van der Waals surface area contributed by atoms with Crippen LogP contribution in [0.3, 0.4) is 0 Å². The minimum atomic E-state index is 0.666. The first-order valence-electron chi connectivity index (χ1n) is 6.07. The van der Waals surface area contributed by atoms with E-state index in [4.69, 9.17) is 9.15 Å². The number of ether oxygens (including phenoxy) is 1. The highest BCUT2D eigenvalue weighted by Gasteiger charge is 2.04. The summed E-state index contributed by atoms with van der Waals surface area (Å²) >= 11 is 0. The number of benzene rings is 2. The second kappa shape index (κ2) is 4.98. The highest BCUT2D eigenvalue weighted by molar-refractivity contribution is 5.57. The largest absolute Gasteiger partial charge is 0.457 e. The molecule has 94 valence electrons. The van der Waals surface area contributed by atoms with Gasteiger partial charge in [-0.05, 0) is 36.4 Å². The average Bonchev–Trinajstić information content (AvgIpc) is 2.87. The molecule has 0 radical (unpaired) electrons. The van der Waals surface area contributed by atoms with Crippen molar-refractivity contribution >= 4 is 0 Å². The predicted molar refractivity (Wildman–Crippen MR) is 73.2 cm³/mol. The Bertz CT molecular complexity index is 657. The molecular weight excluding hydrogens is 238 g/mol. The molecular formula is C16H13NO2. The van der Waals surface area contributed by atoms with E-state index >= 15 is 0 Å². The topological polar surface area (TPSA) is 35.3 Å². The molecule has 3 rings (SSSR count). The fraction of sp³-hybridized carbons (Fsp3) is 0.0625. The third kappa shape index (κ3) is 2.65. The lowest BCUT2D eigenvalue weighted by atomic mass is 10.2. The van der Waals surface area contributed by atoms with Crippen molar-refractivity contribution in [3.05, 3.63) is 66.7 Å². The number of rotatable bonds is 3. The zero-order valence-corrected chi connectivity index (χ0v) is 10.5. The first-order valence-corrected chi connectivity index (χ1v) is 6.07. The number of hydrogen-bond acceptors (Lipinski definition) is 3. The number of aromatic nitrogens is 1. The monoisotopic (exact) mass is 251 g/mol. The van der Waals surface area contributed by atoms with Crippen molar-refractivity contribution in [1.82, 2.24) is 4.98 Å². The Labute approximate surface area is 111 Å². The number of hydrogen-bond donors (Lipinski definition) is 0. The summed E-state index contributed by atoms with van der Waals surface area (Å²) in [5.41, 5.74) is 0.987. The van der Waals surface area contributed by atoms with Crippen LogP contribution >= 0.6 is 0 Å². The molecule has 1 aromatic heterocycles. The molecule has 1 heterocycles. The van der Waals surface area contributed by atoms with Gasteiger partial charge >= 0.3 is 0 Å². The van der Waals surface area contributed by atoms with Gasteiger partial charge in [0.15, 0.2) is 11.7 Å². The molecule has 0 spiro atoms. The average molecular weight is 251 g/mol. The summed E-state index contributed by atoms with van der Waals surface area (Å²) in [7, 11) is 0. The van der Waals surface area contributed by atoms with Crippen molar-refractivity contribution in [2.45, 2.75) is 6.92 Å². The number of nitrogens with zero attached hydrogens (tertiary/aromatic N) is 1. The van der Waals surface area contributed by atoms with Gasteiger partial charge in [-0.3, -0.25) is 0 Å². The van der Waals surface area contributed by atoms with Gasteiger partial charge in [-0.15, -0.1) is 0 Å². The standard InChI is InChI=1S/C16H13NO2/c1-12-17-11-16(18-12)13-7-9-15(10-8-13)19-14-5-3-2-4-6-14/h2-11H,1H3. The van der Waals surface area contributed by atoms with Crippen LogP contribution in [0, 0.1) is 6.92 Å². The minimum Gasteiger partial charge on any atom is -0.457 e. The lowest BCUT2D eigenvalue weighted by molar-refractivity contribution is 0.482. The van der Waals surface area contributed by atoms with Gasteiger partial charge in [0, 0.05) is 12.5 Å². The lowest BCUT2D eigenvalue weighted by Gasteiger charge is -2.05. The van der Waals surface area contributed by atoms with Gasteiger partial charge < -0.3 is 9.15 Å². The van der Waals surface area contributed by atoms with Crippen LogP contribution < -0.4 is 4.74 Å². The number of aryl methyl sites for hydroxylation is 1. The quantitative estimate of drug-likeness (QED) is 0.690. The molecule has 2 aromatic carbocycles. The second-order valence-electron chi connectivity index (χ2n) is 4.18. The molecule has 3 nitrogen and oxygen atoms in total. The summed E-state index contributed by atoms with van der Waals surface area (Å²) in [5, 5.41) is 0. The van der Waals surface area contributed by atoms with E-state index in [9.17, 15) is 0 Å². The smallest absolute Gasteiger partial charge is 0.191 e. The van der Waals surface area contributed by atoms with Gasteiger partial charge in [-0.25, -0.2) is 4.98 Å². The van der Waals surface area contributed by atoms with E-state index in [1.165, 1.54) is 0 Å². The first-order chi connectivity index (χ1) is 9.31. The minimum absolute atomic E-state index is 0.666. The molecule has 0 unspecified atom stereocenters. The number of oxazole rings is 1. The van der Waals surface area contributed by atoms with Crippen LogP contribution in [-0.2, 0) is 0 Å². The van der Waals surface area contributed by atoms with Crippen LogP contribution in [0.2, 0.25) is 0 Å². The summed E-state index contributed by atoms with van der Waals surface area (Å²) < 4.78 is 11.2. The van der Waals surface area contributed by atoms with Gasteiger partial charge in [-0.1, -0.05) is 18.2 Å². The van der Waals surface area contributed by atoms with Crippen LogP contribution in [-0.4, -0.2) is 4.98 Å². The van der Waals surface area contributed by atoms with Crippen molar-refractivity contribution in [3.63, 3.8) is 0 Å². The Hall–Kier alpha value is -2.55. The maximum absolute atomic E-state index is 5.73. The number of para-hydroxylation sites is 1. The molecule has 0 aliphatic rings. The van der Waals surface area contributed by atoms with Crippen LogP contribution in [0.25, 0.3) is 11.3 Å². The van der Waals surface area contributed by atoms with Crippen LogP contribution in [0.5, 0.6) is 11.5 Å². The van der Waals surface area contributed by atoms with Crippen molar-refractivity contribution in [3.8, 4) is 22.8 Å². The first kappa shape index (κ1) is 11.5. The molecule has 0 saturated carbocycles. The Morgan fingerprint density at radius 3 is 2.21 bits per heavy atom. The Balaban J connectivity index is 1.79. The summed E-state index contributed by atoms with van der Waals surface area (Å²) in [5.74, 6) is 3.06.